The molecule has 0 atom stereocenters. The second-order valence-electron chi connectivity index (χ2n) is 3.00. The summed E-state index contributed by atoms with van der Waals surface area (Å²) in [6, 6.07) is 3.88. The van der Waals surface area contributed by atoms with Gasteiger partial charge in [0.25, 0.3) is 0 Å². The van der Waals surface area contributed by atoms with Crippen LogP contribution in [-0.4, -0.2) is 21.1 Å². The van der Waals surface area contributed by atoms with Crippen LogP contribution in [0.1, 0.15) is 13.3 Å². The van der Waals surface area contributed by atoms with E-state index in [0.717, 1.165) is 29.0 Å². The number of hydrogen-bond donors (Lipinski definition) is 1. The van der Waals surface area contributed by atoms with Gasteiger partial charge in [0, 0.05) is 6.54 Å². The summed E-state index contributed by atoms with van der Waals surface area (Å²) >= 11 is 3.38. The maximum atomic E-state index is 4.37. The van der Waals surface area contributed by atoms with E-state index < -0.39 is 0 Å². The topological polar surface area (TPSA) is 42.2 Å². The van der Waals surface area contributed by atoms with Gasteiger partial charge in [0.05, 0.1) is 6.20 Å². The first kappa shape index (κ1) is 9.45. The lowest BCUT2D eigenvalue weighted by molar-refractivity contribution is 0.893. The highest BCUT2D eigenvalue weighted by atomic mass is 79.9. The van der Waals surface area contributed by atoms with Crippen LogP contribution in [0.15, 0.2) is 22.9 Å². The average Bonchev–Trinajstić information content (AvgIpc) is 2.57. The third-order valence-corrected chi connectivity index (χ3v) is 2.42. The Bertz CT molecular complexity index is 437. The van der Waals surface area contributed by atoms with Crippen LogP contribution in [0.25, 0.3) is 5.65 Å². The smallest absolute Gasteiger partial charge is 0.154 e. The van der Waals surface area contributed by atoms with Crippen molar-refractivity contribution in [2.24, 2.45) is 0 Å². The molecule has 0 saturated heterocycles. The number of fused-ring (bicyclic) bond motifs is 1. The first-order valence-corrected chi connectivity index (χ1v) is 5.34. The molecule has 2 aromatic rings. The molecular weight excluding hydrogens is 244 g/mol. The van der Waals surface area contributed by atoms with E-state index in [-0.39, 0.29) is 0 Å². The molecule has 0 saturated carbocycles. The number of aromatic nitrogens is 3. The number of hydrogen-bond acceptors (Lipinski definition) is 3. The first-order chi connectivity index (χ1) is 6.81. The molecule has 2 heterocycles. The Labute approximate surface area is 90.5 Å². The van der Waals surface area contributed by atoms with Crippen LogP contribution in [0.4, 0.5) is 5.82 Å². The Morgan fingerprint density at radius 1 is 1.50 bits per heavy atom. The molecule has 0 aliphatic carbocycles. The highest BCUT2D eigenvalue weighted by Crippen LogP contribution is 2.13. The van der Waals surface area contributed by atoms with Crippen LogP contribution in [0, 0.1) is 0 Å². The Morgan fingerprint density at radius 3 is 3.14 bits per heavy atom. The number of imidazole rings is 1. The lowest BCUT2D eigenvalue weighted by atomic mass is 10.4. The van der Waals surface area contributed by atoms with Crippen molar-refractivity contribution >= 4 is 27.4 Å². The van der Waals surface area contributed by atoms with Gasteiger partial charge in [-0.3, -0.25) is 0 Å². The van der Waals surface area contributed by atoms with Gasteiger partial charge in [0.15, 0.2) is 5.65 Å². The van der Waals surface area contributed by atoms with Crippen LogP contribution >= 0.6 is 15.9 Å². The van der Waals surface area contributed by atoms with Gasteiger partial charge in [-0.25, -0.2) is 9.50 Å². The molecule has 0 aliphatic rings. The largest absolute Gasteiger partial charge is 0.369 e. The molecular formula is C9H11BrN4. The van der Waals surface area contributed by atoms with Crippen molar-refractivity contribution in [3.8, 4) is 0 Å². The van der Waals surface area contributed by atoms with Gasteiger partial charge in [0.1, 0.15) is 10.4 Å². The zero-order valence-corrected chi connectivity index (χ0v) is 9.45. The van der Waals surface area contributed by atoms with Crippen molar-refractivity contribution in [1.29, 1.82) is 0 Å². The van der Waals surface area contributed by atoms with Crippen molar-refractivity contribution < 1.29 is 0 Å². The van der Waals surface area contributed by atoms with Crippen LogP contribution in [0.5, 0.6) is 0 Å². The van der Waals surface area contributed by atoms with Gasteiger partial charge in [0.2, 0.25) is 0 Å². The molecule has 4 nitrogen and oxygen atoms in total. The predicted molar refractivity (Wildman–Crippen MR) is 59.5 cm³/mol. The monoisotopic (exact) mass is 254 g/mol. The summed E-state index contributed by atoms with van der Waals surface area (Å²) in [6.07, 6.45) is 2.83. The molecule has 0 fully saturated rings. The van der Waals surface area contributed by atoms with Gasteiger partial charge >= 0.3 is 0 Å². The Hall–Kier alpha value is -1.10. The van der Waals surface area contributed by atoms with Crippen molar-refractivity contribution in [2.75, 3.05) is 11.9 Å². The van der Waals surface area contributed by atoms with Gasteiger partial charge in [-0.2, -0.15) is 0 Å². The lowest BCUT2D eigenvalue weighted by Crippen LogP contribution is -2.04. The quantitative estimate of drug-likeness (QED) is 0.915. The van der Waals surface area contributed by atoms with Crippen LogP contribution in [0.3, 0.4) is 0 Å². The minimum absolute atomic E-state index is 0.846. The van der Waals surface area contributed by atoms with E-state index >= 15 is 0 Å². The van der Waals surface area contributed by atoms with Crippen LogP contribution in [0.2, 0.25) is 0 Å². The number of nitrogens with zero attached hydrogens (tertiary/aromatic N) is 3. The van der Waals surface area contributed by atoms with Crippen molar-refractivity contribution in [1.82, 2.24) is 14.6 Å². The molecule has 2 rings (SSSR count). The molecule has 0 spiro atoms. The van der Waals surface area contributed by atoms with Crippen LogP contribution in [-0.2, 0) is 0 Å². The highest BCUT2D eigenvalue weighted by Gasteiger charge is 2.01. The zero-order chi connectivity index (χ0) is 9.97. The van der Waals surface area contributed by atoms with Crippen LogP contribution < -0.4 is 5.32 Å². The lowest BCUT2D eigenvalue weighted by Gasteiger charge is -2.03. The van der Waals surface area contributed by atoms with E-state index in [4.69, 9.17) is 0 Å². The summed E-state index contributed by atoms with van der Waals surface area (Å²) in [5.41, 5.74) is 0.846. The summed E-state index contributed by atoms with van der Waals surface area (Å²) < 4.78 is 2.63. The molecule has 0 aromatic carbocycles. The molecule has 0 aliphatic heterocycles. The second-order valence-corrected chi connectivity index (χ2v) is 3.81. The molecule has 2 aromatic heterocycles. The summed E-state index contributed by atoms with van der Waals surface area (Å²) in [6.45, 7) is 3.06. The molecule has 14 heavy (non-hydrogen) atoms. The van der Waals surface area contributed by atoms with E-state index in [9.17, 15) is 0 Å². The summed E-state index contributed by atoms with van der Waals surface area (Å²) in [4.78, 5) is 4.17. The van der Waals surface area contributed by atoms with E-state index in [1.807, 2.05) is 12.1 Å². The van der Waals surface area contributed by atoms with Crippen molar-refractivity contribution in [3.05, 3.63) is 22.9 Å². The Morgan fingerprint density at radius 2 is 2.36 bits per heavy atom. The van der Waals surface area contributed by atoms with E-state index in [1.165, 1.54) is 0 Å². The summed E-state index contributed by atoms with van der Waals surface area (Å²) in [5.74, 6) is 0.873. The SMILES string of the molecule is CCCNc1ccc2ncc(Br)n2n1. The Balaban J connectivity index is 2.34. The highest BCUT2D eigenvalue weighted by molar-refractivity contribution is 9.10. The van der Waals surface area contributed by atoms with Crippen molar-refractivity contribution in [3.63, 3.8) is 0 Å². The Kier molecular flexibility index (Phi) is 2.67. The molecule has 0 radical (unpaired) electrons. The van der Waals surface area contributed by atoms with Gasteiger partial charge in [-0.15, -0.1) is 5.10 Å². The van der Waals surface area contributed by atoms with E-state index in [0.29, 0.717) is 0 Å². The normalized spacial score (nSPS) is 10.7. The number of rotatable bonds is 3. The fraction of sp³-hybridized carbons (Fsp3) is 0.333. The summed E-state index contributed by atoms with van der Waals surface area (Å²) in [5, 5.41) is 7.59. The van der Waals surface area contributed by atoms with Gasteiger partial charge in [-0.1, -0.05) is 6.92 Å². The van der Waals surface area contributed by atoms with Gasteiger partial charge in [-0.05, 0) is 34.5 Å². The fourth-order valence-corrected chi connectivity index (χ4v) is 1.56. The molecule has 74 valence electrons. The minimum Gasteiger partial charge on any atom is -0.369 e. The molecule has 1 N–H and O–H groups in total. The maximum absolute atomic E-state index is 4.37. The van der Waals surface area contributed by atoms with Crippen molar-refractivity contribution in [2.45, 2.75) is 13.3 Å². The zero-order valence-electron chi connectivity index (χ0n) is 7.87. The molecule has 5 heteroatoms. The number of halogens is 1. The van der Waals surface area contributed by atoms with E-state index in [2.05, 4.69) is 38.3 Å². The average molecular weight is 255 g/mol. The van der Waals surface area contributed by atoms with Gasteiger partial charge < -0.3 is 5.32 Å². The molecule has 0 bridgehead atoms. The first-order valence-electron chi connectivity index (χ1n) is 4.55. The standard InChI is InChI=1S/C9H11BrN4/c1-2-5-11-8-3-4-9-12-6-7(10)14(9)13-8/h3-4,6H,2,5H2,1H3,(H,11,13). The third kappa shape index (κ3) is 1.72. The predicted octanol–water partition coefficient (Wildman–Crippen LogP) is 2.31. The molecule has 0 unspecified atom stereocenters. The van der Waals surface area contributed by atoms with E-state index in [1.54, 1.807) is 10.7 Å². The second kappa shape index (κ2) is 3.96. The minimum atomic E-state index is 0.846. The number of nitrogens with one attached hydrogen (secondary N) is 1. The summed E-state index contributed by atoms with van der Waals surface area (Å²) in [7, 11) is 0. The maximum Gasteiger partial charge on any atom is 0.154 e. The fourth-order valence-electron chi connectivity index (χ4n) is 1.19. The third-order valence-electron chi connectivity index (χ3n) is 1.88. The number of anilines is 1. The molecule has 0 amide bonds.